The third kappa shape index (κ3) is 2.34. The summed E-state index contributed by atoms with van der Waals surface area (Å²) in [6, 6.07) is 9.81. The second-order valence-electron chi connectivity index (χ2n) is 3.59. The van der Waals surface area contributed by atoms with E-state index in [4.69, 9.17) is 10.5 Å². The first kappa shape index (κ1) is 10.1. The van der Waals surface area contributed by atoms with Gasteiger partial charge in [0.15, 0.2) is 0 Å². The molecule has 1 saturated heterocycles. The predicted molar refractivity (Wildman–Crippen MR) is 55.8 cm³/mol. The SMILES string of the molecule is N[C@@H]1COCC(=O)N1Cc1ccccc1. The molecule has 1 atom stereocenters. The maximum Gasteiger partial charge on any atom is 0.250 e. The lowest BCUT2D eigenvalue weighted by atomic mass is 10.2. The van der Waals surface area contributed by atoms with Gasteiger partial charge in [-0.3, -0.25) is 4.79 Å². The highest BCUT2D eigenvalue weighted by molar-refractivity contribution is 5.78. The van der Waals surface area contributed by atoms with Gasteiger partial charge >= 0.3 is 0 Å². The van der Waals surface area contributed by atoms with Gasteiger partial charge in [-0.25, -0.2) is 0 Å². The molecule has 0 bridgehead atoms. The summed E-state index contributed by atoms with van der Waals surface area (Å²) in [5.41, 5.74) is 6.88. The van der Waals surface area contributed by atoms with Crippen LogP contribution < -0.4 is 5.73 Å². The van der Waals surface area contributed by atoms with Crippen molar-refractivity contribution in [3.63, 3.8) is 0 Å². The summed E-state index contributed by atoms with van der Waals surface area (Å²) in [7, 11) is 0. The highest BCUT2D eigenvalue weighted by Gasteiger charge is 2.25. The lowest BCUT2D eigenvalue weighted by molar-refractivity contribution is -0.148. The number of ether oxygens (including phenoxy) is 1. The molecule has 0 spiro atoms. The number of nitrogens with zero attached hydrogens (tertiary/aromatic N) is 1. The van der Waals surface area contributed by atoms with Gasteiger partial charge in [0, 0.05) is 6.54 Å². The minimum atomic E-state index is -0.327. The molecular formula is C11H14N2O2. The molecule has 15 heavy (non-hydrogen) atoms. The molecule has 1 fully saturated rings. The van der Waals surface area contributed by atoms with E-state index in [1.54, 1.807) is 4.90 Å². The van der Waals surface area contributed by atoms with E-state index in [0.29, 0.717) is 13.2 Å². The van der Waals surface area contributed by atoms with Crippen molar-refractivity contribution in [2.45, 2.75) is 12.7 Å². The first-order valence-corrected chi connectivity index (χ1v) is 4.94. The molecule has 2 N–H and O–H groups in total. The molecule has 0 radical (unpaired) electrons. The van der Waals surface area contributed by atoms with Crippen LogP contribution in [-0.2, 0) is 16.1 Å². The maximum atomic E-state index is 11.5. The largest absolute Gasteiger partial charge is 0.368 e. The molecule has 0 aliphatic carbocycles. The molecule has 1 aromatic carbocycles. The van der Waals surface area contributed by atoms with Crippen LogP contribution in [0.4, 0.5) is 0 Å². The summed E-state index contributed by atoms with van der Waals surface area (Å²) >= 11 is 0. The Morgan fingerprint density at radius 1 is 1.40 bits per heavy atom. The van der Waals surface area contributed by atoms with E-state index in [2.05, 4.69) is 0 Å². The van der Waals surface area contributed by atoms with E-state index in [1.165, 1.54) is 0 Å². The van der Waals surface area contributed by atoms with Crippen LogP contribution in [0.25, 0.3) is 0 Å². The van der Waals surface area contributed by atoms with Crippen molar-refractivity contribution in [3.8, 4) is 0 Å². The molecule has 4 nitrogen and oxygen atoms in total. The van der Waals surface area contributed by atoms with Gasteiger partial charge in [0.05, 0.1) is 6.61 Å². The Morgan fingerprint density at radius 2 is 2.13 bits per heavy atom. The predicted octanol–water partition coefficient (Wildman–Crippen LogP) is 0.330. The minimum Gasteiger partial charge on any atom is -0.368 e. The van der Waals surface area contributed by atoms with Gasteiger partial charge in [-0.2, -0.15) is 0 Å². The van der Waals surface area contributed by atoms with E-state index in [1.807, 2.05) is 30.3 Å². The van der Waals surface area contributed by atoms with Crippen molar-refractivity contribution in [3.05, 3.63) is 35.9 Å². The van der Waals surface area contributed by atoms with E-state index >= 15 is 0 Å². The monoisotopic (exact) mass is 206 g/mol. The van der Waals surface area contributed by atoms with Crippen molar-refractivity contribution in [1.29, 1.82) is 0 Å². The number of carbonyl (C=O) groups is 1. The fraction of sp³-hybridized carbons (Fsp3) is 0.364. The Balaban J connectivity index is 2.07. The van der Waals surface area contributed by atoms with Gasteiger partial charge in [0.1, 0.15) is 12.8 Å². The smallest absolute Gasteiger partial charge is 0.250 e. The summed E-state index contributed by atoms with van der Waals surface area (Å²) in [5.74, 6) is -0.0439. The molecule has 1 heterocycles. The van der Waals surface area contributed by atoms with Crippen molar-refractivity contribution in [2.24, 2.45) is 5.73 Å². The van der Waals surface area contributed by atoms with Gasteiger partial charge < -0.3 is 15.4 Å². The van der Waals surface area contributed by atoms with Crippen LogP contribution in [0.3, 0.4) is 0 Å². The molecule has 80 valence electrons. The number of hydrogen-bond donors (Lipinski definition) is 1. The number of hydrogen-bond acceptors (Lipinski definition) is 3. The summed E-state index contributed by atoms with van der Waals surface area (Å²) in [5, 5.41) is 0. The molecule has 1 amide bonds. The molecular weight excluding hydrogens is 192 g/mol. The second kappa shape index (κ2) is 4.42. The van der Waals surface area contributed by atoms with Gasteiger partial charge in [-0.05, 0) is 5.56 Å². The van der Waals surface area contributed by atoms with Crippen LogP contribution in [0.2, 0.25) is 0 Å². The van der Waals surface area contributed by atoms with Gasteiger partial charge in [0.25, 0.3) is 0 Å². The van der Waals surface area contributed by atoms with Crippen LogP contribution in [-0.4, -0.2) is 30.2 Å². The zero-order valence-corrected chi connectivity index (χ0v) is 8.43. The third-order valence-corrected chi connectivity index (χ3v) is 2.43. The van der Waals surface area contributed by atoms with E-state index in [0.717, 1.165) is 5.56 Å². The number of rotatable bonds is 2. The van der Waals surface area contributed by atoms with Gasteiger partial charge in [-0.15, -0.1) is 0 Å². The highest BCUT2D eigenvalue weighted by Crippen LogP contribution is 2.10. The maximum absolute atomic E-state index is 11.5. The Kier molecular flexibility index (Phi) is 2.99. The van der Waals surface area contributed by atoms with Crippen LogP contribution in [0, 0.1) is 0 Å². The van der Waals surface area contributed by atoms with Crippen molar-refractivity contribution in [1.82, 2.24) is 4.90 Å². The molecule has 1 aromatic rings. The van der Waals surface area contributed by atoms with Gasteiger partial charge in [0.2, 0.25) is 5.91 Å². The lowest BCUT2D eigenvalue weighted by Crippen LogP contribution is -2.53. The Morgan fingerprint density at radius 3 is 2.80 bits per heavy atom. The molecule has 1 aliphatic rings. The molecule has 2 rings (SSSR count). The summed E-state index contributed by atoms with van der Waals surface area (Å²) < 4.78 is 5.05. The molecule has 1 aliphatic heterocycles. The Bertz CT molecular complexity index is 340. The number of nitrogens with two attached hydrogens (primary N) is 1. The van der Waals surface area contributed by atoms with Crippen molar-refractivity contribution in [2.75, 3.05) is 13.2 Å². The van der Waals surface area contributed by atoms with Crippen LogP contribution in [0.1, 0.15) is 5.56 Å². The summed E-state index contributed by atoms with van der Waals surface area (Å²) in [6.45, 7) is 1.11. The topological polar surface area (TPSA) is 55.6 Å². The summed E-state index contributed by atoms with van der Waals surface area (Å²) in [4.78, 5) is 13.2. The number of benzene rings is 1. The molecule has 0 unspecified atom stereocenters. The molecule has 0 aromatic heterocycles. The standard InChI is InChI=1S/C11H14N2O2/c12-10-7-15-8-11(14)13(10)6-9-4-2-1-3-5-9/h1-5,10H,6-8,12H2/t10-/m0/s1. The normalized spacial score (nSPS) is 21.8. The van der Waals surface area contributed by atoms with Crippen LogP contribution >= 0.6 is 0 Å². The van der Waals surface area contributed by atoms with Crippen LogP contribution in [0.5, 0.6) is 0 Å². The number of carbonyl (C=O) groups excluding carboxylic acids is 1. The number of morpholine rings is 1. The average molecular weight is 206 g/mol. The first-order chi connectivity index (χ1) is 7.27. The second-order valence-corrected chi connectivity index (χ2v) is 3.59. The Hall–Kier alpha value is -1.39. The van der Waals surface area contributed by atoms with Crippen molar-refractivity contribution < 1.29 is 9.53 Å². The Labute approximate surface area is 88.6 Å². The molecule has 0 saturated carbocycles. The van der Waals surface area contributed by atoms with E-state index in [9.17, 15) is 4.79 Å². The first-order valence-electron chi connectivity index (χ1n) is 4.94. The molecule has 4 heteroatoms. The zero-order valence-electron chi connectivity index (χ0n) is 8.43. The van der Waals surface area contributed by atoms with Gasteiger partial charge in [-0.1, -0.05) is 30.3 Å². The summed E-state index contributed by atoms with van der Waals surface area (Å²) in [6.07, 6.45) is -0.327. The number of amides is 1. The minimum absolute atomic E-state index is 0.0439. The van der Waals surface area contributed by atoms with Crippen LogP contribution in [0.15, 0.2) is 30.3 Å². The van der Waals surface area contributed by atoms with E-state index in [-0.39, 0.29) is 18.7 Å². The van der Waals surface area contributed by atoms with E-state index < -0.39 is 0 Å². The quantitative estimate of drug-likeness (QED) is 0.758. The fourth-order valence-corrected chi connectivity index (χ4v) is 1.61. The highest BCUT2D eigenvalue weighted by atomic mass is 16.5. The zero-order chi connectivity index (χ0) is 10.7. The fourth-order valence-electron chi connectivity index (χ4n) is 1.61. The lowest BCUT2D eigenvalue weighted by Gasteiger charge is -2.32. The third-order valence-electron chi connectivity index (χ3n) is 2.43. The van der Waals surface area contributed by atoms with Crippen molar-refractivity contribution >= 4 is 5.91 Å². The average Bonchev–Trinajstić information content (AvgIpc) is 2.25.